The minimum Gasteiger partial charge on any atom is -0.434 e. The van der Waals surface area contributed by atoms with Gasteiger partial charge < -0.3 is 4.74 Å². The lowest BCUT2D eigenvalue weighted by molar-refractivity contribution is -0.386. The zero-order valence-electron chi connectivity index (χ0n) is 10.4. The smallest absolute Gasteiger partial charge is 0.334 e. The highest BCUT2D eigenvalue weighted by Gasteiger charge is 2.20. The van der Waals surface area contributed by atoms with Crippen molar-refractivity contribution in [2.24, 2.45) is 0 Å². The van der Waals surface area contributed by atoms with Crippen LogP contribution in [0.4, 0.5) is 5.69 Å². The van der Waals surface area contributed by atoms with Gasteiger partial charge >= 0.3 is 5.69 Å². The second kappa shape index (κ2) is 5.79. The molecule has 1 aromatic heterocycles. The summed E-state index contributed by atoms with van der Waals surface area (Å²) in [7, 11) is 0. The summed E-state index contributed by atoms with van der Waals surface area (Å²) in [5.41, 5.74) is 0.647. The summed E-state index contributed by atoms with van der Waals surface area (Å²) in [4.78, 5) is 25.2. The Labute approximate surface area is 122 Å². The van der Waals surface area contributed by atoms with E-state index in [2.05, 4.69) is 20.9 Å². The summed E-state index contributed by atoms with van der Waals surface area (Å²) in [5, 5.41) is 11.0. The number of pyridine rings is 1. The molecule has 6 nitrogen and oxygen atoms in total. The van der Waals surface area contributed by atoms with E-state index in [1.807, 2.05) is 0 Å². The van der Waals surface area contributed by atoms with Gasteiger partial charge in [-0.2, -0.15) is 0 Å². The number of hydrogen-bond acceptors (Lipinski definition) is 5. The van der Waals surface area contributed by atoms with Crippen molar-refractivity contribution in [1.29, 1.82) is 0 Å². The highest BCUT2D eigenvalue weighted by molar-refractivity contribution is 9.10. The zero-order valence-corrected chi connectivity index (χ0v) is 12.0. The molecule has 0 N–H and O–H groups in total. The van der Waals surface area contributed by atoms with Gasteiger partial charge in [0.15, 0.2) is 6.29 Å². The van der Waals surface area contributed by atoms with Crippen molar-refractivity contribution in [3.63, 3.8) is 0 Å². The number of nitro groups is 1. The normalized spacial score (nSPS) is 10.1. The topological polar surface area (TPSA) is 82.3 Å². The minimum atomic E-state index is -0.544. The van der Waals surface area contributed by atoms with Crippen LogP contribution < -0.4 is 4.74 Å². The number of rotatable bonds is 4. The predicted octanol–water partition coefficient (Wildman–Crippen LogP) is 3.67. The van der Waals surface area contributed by atoms with E-state index in [1.54, 1.807) is 19.1 Å². The fraction of sp³-hybridized carbons (Fsp3) is 0.0769. The summed E-state index contributed by atoms with van der Waals surface area (Å²) in [6, 6.07) is 6.22. The fourth-order valence-corrected chi connectivity index (χ4v) is 1.95. The van der Waals surface area contributed by atoms with Gasteiger partial charge in [0.1, 0.15) is 5.75 Å². The fourth-order valence-electron chi connectivity index (χ4n) is 1.61. The highest BCUT2D eigenvalue weighted by Crippen LogP contribution is 2.32. The highest BCUT2D eigenvalue weighted by atomic mass is 79.9. The summed E-state index contributed by atoms with van der Waals surface area (Å²) in [5.74, 6) is 0.200. The van der Waals surface area contributed by atoms with E-state index in [-0.39, 0.29) is 11.6 Å². The predicted molar refractivity (Wildman–Crippen MR) is 75.2 cm³/mol. The first-order valence-corrected chi connectivity index (χ1v) is 6.35. The largest absolute Gasteiger partial charge is 0.434 e. The number of carbonyl (C=O) groups is 1. The third-order valence-electron chi connectivity index (χ3n) is 2.58. The Morgan fingerprint density at radius 2 is 2.15 bits per heavy atom. The lowest BCUT2D eigenvalue weighted by Crippen LogP contribution is -1.98. The molecule has 0 bridgehead atoms. The van der Waals surface area contributed by atoms with E-state index < -0.39 is 4.92 Å². The number of aldehydes is 1. The van der Waals surface area contributed by atoms with E-state index >= 15 is 0 Å². The summed E-state index contributed by atoms with van der Waals surface area (Å²) >= 11 is 3.21. The van der Waals surface area contributed by atoms with E-state index in [0.717, 1.165) is 0 Å². The second-order valence-corrected chi connectivity index (χ2v) is 4.80. The van der Waals surface area contributed by atoms with Crippen molar-refractivity contribution in [3.8, 4) is 11.6 Å². The molecule has 2 rings (SSSR count). The van der Waals surface area contributed by atoms with Gasteiger partial charge in [-0.3, -0.25) is 14.9 Å². The van der Waals surface area contributed by atoms with Crippen LogP contribution in [0.25, 0.3) is 0 Å². The van der Waals surface area contributed by atoms with Crippen LogP contribution in [0, 0.1) is 17.0 Å². The number of carbonyl (C=O) groups excluding carboxylic acids is 1. The Kier molecular flexibility index (Phi) is 4.09. The van der Waals surface area contributed by atoms with Crippen molar-refractivity contribution in [1.82, 2.24) is 4.98 Å². The number of nitrogens with zero attached hydrogens (tertiary/aromatic N) is 2. The molecule has 1 aromatic carbocycles. The second-order valence-electron chi connectivity index (χ2n) is 3.94. The molecule has 0 saturated carbocycles. The Morgan fingerprint density at radius 1 is 1.40 bits per heavy atom. The van der Waals surface area contributed by atoms with Crippen molar-refractivity contribution in [3.05, 3.63) is 56.2 Å². The Morgan fingerprint density at radius 3 is 2.80 bits per heavy atom. The molecule has 0 aliphatic heterocycles. The Hall–Kier alpha value is -2.28. The third kappa shape index (κ3) is 2.83. The average molecular weight is 337 g/mol. The van der Waals surface area contributed by atoms with Crippen LogP contribution in [0.2, 0.25) is 0 Å². The molecule has 2 aromatic rings. The molecule has 0 aliphatic carbocycles. The van der Waals surface area contributed by atoms with Gasteiger partial charge in [-0.25, -0.2) is 4.98 Å². The lowest BCUT2D eigenvalue weighted by atomic mass is 10.2. The molecule has 20 heavy (non-hydrogen) atoms. The molecule has 0 atom stereocenters. The van der Waals surface area contributed by atoms with E-state index in [1.165, 1.54) is 18.3 Å². The van der Waals surface area contributed by atoms with Gasteiger partial charge in [-0.1, -0.05) is 15.9 Å². The Balaban J connectivity index is 2.42. The number of aryl methyl sites for hydroxylation is 1. The molecule has 0 unspecified atom stereocenters. The molecule has 7 heteroatoms. The van der Waals surface area contributed by atoms with Gasteiger partial charge in [0.25, 0.3) is 5.88 Å². The molecule has 0 aliphatic rings. The molecule has 102 valence electrons. The van der Waals surface area contributed by atoms with Crippen LogP contribution >= 0.6 is 15.9 Å². The van der Waals surface area contributed by atoms with Crippen LogP contribution in [-0.4, -0.2) is 16.2 Å². The maximum Gasteiger partial charge on any atom is 0.334 e. The molecule has 0 amide bonds. The van der Waals surface area contributed by atoms with Crippen molar-refractivity contribution in [2.75, 3.05) is 0 Å². The molecule has 1 heterocycles. The molecule has 0 spiro atoms. The number of hydrogen-bond donors (Lipinski definition) is 0. The van der Waals surface area contributed by atoms with Crippen LogP contribution in [0.1, 0.15) is 15.9 Å². The van der Waals surface area contributed by atoms with Gasteiger partial charge in [0, 0.05) is 21.8 Å². The number of ether oxygens (including phenoxy) is 1. The first-order valence-electron chi connectivity index (χ1n) is 5.55. The van der Waals surface area contributed by atoms with E-state index in [9.17, 15) is 14.9 Å². The summed E-state index contributed by atoms with van der Waals surface area (Å²) < 4.78 is 6.03. The van der Waals surface area contributed by atoms with Gasteiger partial charge in [0.05, 0.1) is 4.92 Å². The maximum absolute atomic E-state index is 11.0. The monoisotopic (exact) mass is 336 g/mol. The first kappa shape index (κ1) is 14.1. The van der Waals surface area contributed by atoms with Gasteiger partial charge in [-0.05, 0) is 31.2 Å². The van der Waals surface area contributed by atoms with Gasteiger partial charge in [-0.15, -0.1) is 0 Å². The van der Waals surface area contributed by atoms with Crippen LogP contribution in [0.3, 0.4) is 0 Å². The van der Waals surface area contributed by atoms with Crippen LogP contribution in [-0.2, 0) is 0 Å². The number of aromatic nitrogens is 1. The standard InChI is InChI=1S/C13H9BrN2O4/c1-8-4-5-15-13(12(8)16(18)19)20-10-2-3-11(14)9(6-10)7-17/h2-7H,1H3. The molecule has 0 fully saturated rings. The number of halogens is 1. The number of benzene rings is 1. The molecule has 0 radical (unpaired) electrons. The first-order chi connectivity index (χ1) is 9.52. The molecular weight excluding hydrogens is 328 g/mol. The lowest BCUT2D eigenvalue weighted by Gasteiger charge is -2.07. The minimum absolute atomic E-state index is 0.103. The van der Waals surface area contributed by atoms with Crippen LogP contribution in [0.15, 0.2) is 34.9 Å². The maximum atomic E-state index is 11.0. The zero-order chi connectivity index (χ0) is 14.7. The van der Waals surface area contributed by atoms with E-state index in [4.69, 9.17) is 4.74 Å². The van der Waals surface area contributed by atoms with Crippen molar-refractivity contribution >= 4 is 27.9 Å². The van der Waals surface area contributed by atoms with Crippen molar-refractivity contribution < 1.29 is 14.5 Å². The summed E-state index contributed by atoms with van der Waals surface area (Å²) in [6.07, 6.45) is 2.09. The molecule has 0 saturated heterocycles. The molecular formula is C13H9BrN2O4. The van der Waals surface area contributed by atoms with Crippen molar-refractivity contribution in [2.45, 2.75) is 6.92 Å². The van der Waals surface area contributed by atoms with Gasteiger partial charge in [0.2, 0.25) is 0 Å². The third-order valence-corrected chi connectivity index (χ3v) is 3.31. The van der Waals surface area contributed by atoms with Crippen LogP contribution in [0.5, 0.6) is 11.6 Å². The SMILES string of the molecule is Cc1ccnc(Oc2ccc(Br)c(C=O)c2)c1[N+](=O)[O-]. The average Bonchev–Trinajstić information content (AvgIpc) is 2.40. The Bertz CT molecular complexity index is 688. The van der Waals surface area contributed by atoms with E-state index in [0.29, 0.717) is 27.6 Å². The quantitative estimate of drug-likeness (QED) is 0.483. The summed E-state index contributed by atoms with van der Waals surface area (Å²) in [6.45, 7) is 1.60.